The van der Waals surface area contributed by atoms with Gasteiger partial charge in [0.2, 0.25) is 0 Å². The van der Waals surface area contributed by atoms with Gasteiger partial charge in [-0.25, -0.2) is 0 Å². The number of nitrogens with zero attached hydrogens (tertiary/aromatic N) is 1. The number of hydrogen-bond donors (Lipinski definition) is 0. The van der Waals surface area contributed by atoms with Crippen LogP contribution in [0.3, 0.4) is 0 Å². The molecule has 2 rings (SSSR count). The van der Waals surface area contributed by atoms with Gasteiger partial charge in [-0.2, -0.15) is 0 Å². The van der Waals surface area contributed by atoms with Gasteiger partial charge >= 0.3 is 101 Å². The van der Waals surface area contributed by atoms with Crippen molar-refractivity contribution in [2.75, 3.05) is 0 Å². The van der Waals surface area contributed by atoms with Gasteiger partial charge < -0.3 is 0 Å². The zero-order valence-electron chi connectivity index (χ0n) is 10.2. The van der Waals surface area contributed by atoms with Crippen LogP contribution in [0.1, 0.15) is 5.69 Å². The molecule has 0 N–H and O–H groups in total. The zero-order valence-corrected chi connectivity index (χ0v) is 13.1. The van der Waals surface area contributed by atoms with E-state index in [1.54, 1.807) is 0 Å². The molecule has 0 bridgehead atoms. The molecule has 0 saturated heterocycles. The van der Waals surface area contributed by atoms with Crippen molar-refractivity contribution in [1.29, 1.82) is 0 Å². The molecule has 0 fully saturated rings. The molecule has 0 amide bonds. The maximum atomic E-state index is 5.51. The van der Waals surface area contributed by atoms with E-state index in [0.717, 1.165) is 17.0 Å². The second-order valence-corrected chi connectivity index (χ2v) is 19.4. The topological polar surface area (TPSA) is 26.0 Å². The summed E-state index contributed by atoms with van der Waals surface area (Å²) < 4.78 is 6.91. The maximum absolute atomic E-state index is 5.51. The van der Waals surface area contributed by atoms with E-state index >= 15 is 0 Å². The third-order valence-electron chi connectivity index (χ3n) is 2.65. The van der Waals surface area contributed by atoms with Crippen LogP contribution in [0, 0.1) is 6.92 Å². The number of aromatic nitrogens is 1. The second kappa shape index (κ2) is 4.24. The number of aryl methyl sites for hydroxylation is 1. The monoisotopic (exact) mass is 323 g/mol. The molecule has 0 atom stereocenters. The van der Waals surface area contributed by atoms with Crippen LogP contribution in [0.25, 0.3) is 11.3 Å². The van der Waals surface area contributed by atoms with Crippen molar-refractivity contribution in [3.63, 3.8) is 0 Å². The predicted octanol–water partition coefficient (Wildman–Crippen LogP) is 3.20. The van der Waals surface area contributed by atoms with Gasteiger partial charge in [-0.15, -0.1) is 0 Å². The molecule has 1 aromatic carbocycles. The van der Waals surface area contributed by atoms with Crippen molar-refractivity contribution < 1.29 is 4.52 Å². The van der Waals surface area contributed by atoms with Crippen LogP contribution in [-0.4, -0.2) is 23.5 Å². The van der Waals surface area contributed by atoms with E-state index in [1.165, 1.54) is 3.58 Å². The first-order valence-electron chi connectivity index (χ1n) is 5.52. The summed E-state index contributed by atoms with van der Waals surface area (Å²) in [5, 5.41) is 4.14. The summed E-state index contributed by atoms with van der Waals surface area (Å²) in [6.45, 7) is 2.05. The van der Waals surface area contributed by atoms with Gasteiger partial charge in [-0.05, 0) is 0 Å². The van der Waals surface area contributed by atoms with Gasteiger partial charge in [0.1, 0.15) is 0 Å². The fourth-order valence-corrected chi connectivity index (χ4v) is 7.75. The molecule has 0 unspecified atom stereocenters. The van der Waals surface area contributed by atoms with Crippen molar-refractivity contribution in [2.24, 2.45) is 0 Å². The SMILES string of the molecule is Cc1noc(-c2ccccc2)[c]1[Sn]([CH3])([CH3])[CH3]. The van der Waals surface area contributed by atoms with Crippen molar-refractivity contribution >= 4 is 22.0 Å². The molecule has 2 nitrogen and oxygen atoms in total. The molecular weight excluding hydrogens is 305 g/mol. The van der Waals surface area contributed by atoms with Crippen molar-refractivity contribution in [3.8, 4) is 11.3 Å². The predicted molar refractivity (Wildman–Crippen MR) is 69.7 cm³/mol. The van der Waals surface area contributed by atoms with Crippen molar-refractivity contribution in [2.45, 2.75) is 21.7 Å². The van der Waals surface area contributed by atoms with E-state index in [-0.39, 0.29) is 0 Å². The van der Waals surface area contributed by atoms with E-state index in [9.17, 15) is 0 Å². The first-order valence-corrected chi connectivity index (χ1v) is 15.5. The molecule has 0 spiro atoms. The molecule has 0 aliphatic heterocycles. The molecule has 84 valence electrons. The van der Waals surface area contributed by atoms with E-state index in [0.29, 0.717) is 0 Å². The van der Waals surface area contributed by atoms with E-state index < -0.39 is 18.4 Å². The molecule has 0 aliphatic carbocycles. The van der Waals surface area contributed by atoms with E-state index in [2.05, 4.69) is 32.1 Å². The number of rotatable bonds is 2. The first kappa shape index (κ1) is 11.7. The standard InChI is InChI=1S/C10H8NO.3CH3.Sn/c1-8-7-10(12-11-8)9-5-3-2-4-6-9;;;;/h2-6H,1H3;3*1H3;. The van der Waals surface area contributed by atoms with Gasteiger partial charge in [0, 0.05) is 0 Å². The van der Waals surface area contributed by atoms with Gasteiger partial charge in [-0.3, -0.25) is 0 Å². The van der Waals surface area contributed by atoms with Crippen LogP contribution in [-0.2, 0) is 0 Å². The average Bonchev–Trinajstić information content (AvgIpc) is 2.61. The van der Waals surface area contributed by atoms with Crippen molar-refractivity contribution in [1.82, 2.24) is 5.16 Å². The molecule has 0 radical (unpaired) electrons. The number of hydrogen-bond acceptors (Lipinski definition) is 2. The Labute approximate surface area is 101 Å². The second-order valence-electron chi connectivity index (χ2n) is 5.09. The first-order chi connectivity index (χ1) is 7.50. The van der Waals surface area contributed by atoms with Crippen LogP contribution < -0.4 is 3.58 Å². The van der Waals surface area contributed by atoms with Crippen LogP contribution in [0.2, 0.25) is 14.8 Å². The minimum absolute atomic E-state index is 0.987. The summed E-state index contributed by atoms with van der Waals surface area (Å²) in [6, 6.07) is 10.3. The van der Waals surface area contributed by atoms with E-state index in [4.69, 9.17) is 4.52 Å². The molecule has 0 aliphatic rings. The Morgan fingerprint density at radius 3 is 2.25 bits per heavy atom. The fourth-order valence-electron chi connectivity index (χ4n) is 2.04. The Hall–Kier alpha value is -0.771. The van der Waals surface area contributed by atoms with Crippen LogP contribution in [0.5, 0.6) is 0 Å². The van der Waals surface area contributed by atoms with Gasteiger partial charge in [-0.1, -0.05) is 0 Å². The van der Waals surface area contributed by atoms with Crippen LogP contribution >= 0.6 is 0 Å². The molecule has 3 heteroatoms. The zero-order chi connectivity index (χ0) is 11.8. The Kier molecular flexibility index (Phi) is 3.10. The molecule has 0 saturated carbocycles. The summed E-state index contributed by atoms with van der Waals surface area (Å²) in [5.74, 6) is 0.987. The quantitative estimate of drug-likeness (QED) is 0.794. The Balaban J connectivity index is 2.60. The Morgan fingerprint density at radius 1 is 1.06 bits per heavy atom. The number of benzene rings is 1. The van der Waals surface area contributed by atoms with Crippen LogP contribution in [0.4, 0.5) is 0 Å². The van der Waals surface area contributed by atoms with Gasteiger partial charge in [0.05, 0.1) is 0 Å². The molecule has 16 heavy (non-hydrogen) atoms. The normalized spacial score (nSPS) is 11.8. The molecule has 1 heterocycles. The van der Waals surface area contributed by atoms with E-state index in [1.807, 2.05) is 25.1 Å². The summed E-state index contributed by atoms with van der Waals surface area (Å²) in [6.07, 6.45) is 0. The van der Waals surface area contributed by atoms with Gasteiger partial charge in [0.25, 0.3) is 0 Å². The van der Waals surface area contributed by atoms with Crippen molar-refractivity contribution in [3.05, 3.63) is 36.0 Å². The third-order valence-corrected chi connectivity index (χ3v) is 8.61. The Bertz CT molecular complexity index is 482. The summed E-state index contributed by atoms with van der Waals surface area (Å²) in [4.78, 5) is 7.17. The minimum atomic E-state index is -2.16. The summed E-state index contributed by atoms with van der Waals surface area (Å²) >= 11 is -2.16. The average molecular weight is 322 g/mol. The Morgan fingerprint density at radius 2 is 1.69 bits per heavy atom. The molecular formula is C13H17NOSn. The summed E-state index contributed by atoms with van der Waals surface area (Å²) in [7, 11) is 0. The summed E-state index contributed by atoms with van der Waals surface area (Å²) in [5.41, 5.74) is 2.21. The third kappa shape index (κ3) is 2.16. The van der Waals surface area contributed by atoms with Gasteiger partial charge in [0.15, 0.2) is 0 Å². The van der Waals surface area contributed by atoms with Crippen LogP contribution in [0.15, 0.2) is 34.9 Å². The molecule has 1 aromatic heterocycles. The molecule has 2 aromatic rings. The fraction of sp³-hybridized carbons (Fsp3) is 0.308.